The first-order chi connectivity index (χ1) is 19.8. The van der Waals surface area contributed by atoms with Gasteiger partial charge in [-0.15, -0.1) is 0 Å². The van der Waals surface area contributed by atoms with Crippen LogP contribution in [0.4, 0.5) is 5.82 Å². The van der Waals surface area contributed by atoms with E-state index in [9.17, 15) is 5.11 Å². The first-order valence-corrected chi connectivity index (χ1v) is 13.5. The van der Waals surface area contributed by atoms with E-state index in [-0.39, 0.29) is 6.61 Å². The van der Waals surface area contributed by atoms with E-state index in [2.05, 4.69) is 55.6 Å². The Hall–Kier alpha value is -4.46. The Morgan fingerprint density at radius 2 is 1.90 bits per heavy atom. The van der Waals surface area contributed by atoms with E-state index in [1.54, 1.807) is 44.1 Å². The molecule has 4 aromatic rings. The molecule has 1 N–H and O–H groups in total. The fourth-order valence-electron chi connectivity index (χ4n) is 4.68. The number of anilines is 1. The van der Waals surface area contributed by atoms with Crippen LogP contribution in [0.2, 0.25) is 0 Å². The molecule has 1 fully saturated rings. The SMILES string of the molecule is C=NCc1cnn2cc(OCC(C)(C)O)cc(-c3ccc(N4CCN(CC#Cc5cncc(OC)c5)CC4)nc3)c12. The van der Waals surface area contributed by atoms with Gasteiger partial charge in [-0.05, 0) is 44.8 Å². The molecule has 5 heterocycles. The summed E-state index contributed by atoms with van der Waals surface area (Å²) in [5, 5.41) is 14.6. The summed E-state index contributed by atoms with van der Waals surface area (Å²) in [6.45, 7) is 11.9. The highest BCUT2D eigenvalue weighted by Gasteiger charge is 2.19. The predicted molar refractivity (Wildman–Crippen MR) is 160 cm³/mol. The molecule has 41 heavy (non-hydrogen) atoms. The molecule has 0 bridgehead atoms. The number of piperazine rings is 1. The summed E-state index contributed by atoms with van der Waals surface area (Å²) in [5.74, 6) is 8.69. The van der Waals surface area contributed by atoms with Gasteiger partial charge in [0.05, 0.1) is 49.9 Å². The van der Waals surface area contributed by atoms with Crippen molar-refractivity contribution < 1.29 is 14.6 Å². The van der Waals surface area contributed by atoms with Gasteiger partial charge in [0.2, 0.25) is 0 Å². The number of ether oxygens (including phenoxy) is 2. The first-order valence-electron chi connectivity index (χ1n) is 13.5. The highest BCUT2D eigenvalue weighted by atomic mass is 16.5. The molecule has 1 aliphatic heterocycles. The number of aliphatic imine (C=N–C) groups is 1. The number of hydrogen-bond acceptors (Lipinski definition) is 9. The number of aromatic nitrogens is 4. The number of pyridine rings is 3. The summed E-state index contributed by atoms with van der Waals surface area (Å²) < 4.78 is 12.9. The van der Waals surface area contributed by atoms with E-state index < -0.39 is 5.60 Å². The lowest BCUT2D eigenvalue weighted by Gasteiger charge is -2.34. The molecule has 10 nitrogen and oxygen atoms in total. The number of nitrogens with zero attached hydrogens (tertiary/aromatic N) is 7. The van der Waals surface area contributed by atoms with Crippen LogP contribution in [0.15, 0.2) is 60.2 Å². The average Bonchev–Trinajstić information content (AvgIpc) is 3.39. The van der Waals surface area contributed by atoms with E-state index in [1.165, 1.54) is 0 Å². The Morgan fingerprint density at radius 1 is 1.07 bits per heavy atom. The molecule has 5 rings (SSSR count). The number of hydrogen-bond donors (Lipinski definition) is 1. The fraction of sp³-hybridized carbons (Fsp3) is 0.355. The zero-order valence-electron chi connectivity index (χ0n) is 23.7. The van der Waals surface area contributed by atoms with Crippen molar-refractivity contribution in [2.45, 2.75) is 26.0 Å². The second kappa shape index (κ2) is 12.4. The molecule has 0 spiro atoms. The standard InChI is InChI=1S/C31H35N7O3/c1-31(2,39)22-41-27-15-28(30-25(17-32-3)19-35-38(30)21-27)24-7-8-29(34-18-24)37-12-10-36(11-13-37)9-5-6-23-14-26(40-4)20-33-16-23/h7-8,14-16,18-21,39H,3,9-13,17,22H2,1-2,4H3. The van der Waals surface area contributed by atoms with Gasteiger partial charge in [-0.25, -0.2) is 9.50 Å². The maximum Gasteiger partial charge on any atom is 0.138 e. The molecule has 0 radical (unpaired) electrons. The lowest BCUT2D eigenvalue weighted by molar-refractivity contribution is 0.0283. The van der Waals surface area contributed by atoms with Crippen molar-refractivity contribution in [2.75, 3.05) is 51.3 Å². The molecule has 1 aliphatic rings. The highest BCUT2D eigenvalue weighted by molar-refractivity contribution is 5.83. The minimum absolute atomic E-state index is 0.160. The van der Waals surface area contributed by atoms with Gasteiger partial charge in [0, 0.05) is 60.8 Å². The zero-order chi connectivity index (χ0) is 28.8. The van der Waals surface area contributed by atoms with E-state index in [1.807, 2.05) is 24.5 Å². The van der Waals surface area contributed by atoms with E-state index in [0.717, 1.165) is 59.8 Å². The molecule has 10 heteroatoms. The van der Waals surface area contributed by atoms with Crippen LogP contribution in [0, 0.1) is 11.8 Å². The lowest BCUT2D eigenvalue weighted by atomic mass is 10.0. The molecule has 0 atom stereocenters. The quantitative estimate of drug-likeness (QED) is 0.249. The van der Waals surface area contributed by atoms with Gasteiger partial charge in [-0.3, -0.25) is 14.9 Å². The third kappa shape index (κ3) is 7.01. The summed E-state index contributed by atoms with van der Waals surface area (Å²) in [6, 6.07) is 7.99. The number of methoxy groups -OCH3 is 1. The minimum Gasteiger partial charge on any atom is -0.495 e. The molecule has 0 aromatic carbocycles. The second-order valence-corrected chi connectivity index (χ2v) is 10.6. The summed E-state index contributed by atoms with van der Waals surface area (Å²) in [5.41, 5.74) is 3.67. The third-order valence-electron chi connectivity index (χ3n) is 6.78. The van der Waals surface area contributed by atoms with Crippen LogP contribution in [0.1, 0.15) is 25.0 Å². The summed E-state index contributed by atoms with van der Waals surface area (Å²) in [7, 11) is 1.63. The van der Waals surface area contributed by atoms with Crippen LogP contribution in [-0.4, -0.2) is 88.3 Å². The topological polar surface area (TPSA) is 101 Å². The number of fused-ring (bicyclic) bond motifs is 1. The average molecular weight is 554 g/mol. The van der Waals surface area contributed by atoms with Gasteiger partial charge >= 0.3 is 0 Å². The Bertz CT molecular complexity index is 1560. The van der Waals surface area contributed by atoms with Gasteiger partial charge in [-0.1, -0.05) is 11.8 Å². The predicted octanol–water partition coefficient (Wildman–Crippen LogP) is 3.32. The molecule has 0 saturated carbocycles. The summed E-state index contributed by atoms with van der Waals surface area (Å²) in [4.78, 5) is 17.7. The minimum atomic E-state index is -0.954. The van der Waals surface area contributed by atoms with Crippen LogP contribution < -0.4 is 14.4 Å². The van der Waals surface area contributed by atoms with Crippen LogP contribution in [0.5, 0.6) is 11.5 Å². The second-order valence-electron chi connectivity index (χ2n) is 10.6. The zero-order valence-corrected chi connectivity index (χ0v) is 23.7. The van der Waals surface area contributed by atoms with Gasteiger partial charge in [-0.2, -0.15) is 5.10 Å². The highest BCUT2D eigenvalue weighted by Crippen LogP contribution is 2.32. The number of rotatable bonds is 9. The van der Waals surface area contributed by atoms with E-state index in [0.29, 0.717) is 24.6 Å². The Kier molecular flexibility index (Phi) is 8.47. The molecule has 0 unspecified atom stereocenters. The molecular formula is C31H35N7O3. The Morgan fingerprint density at radius 3 is 2.61 bits per heavy atom. The molecule has 1 saturated heterocycles. The normalized spacial score (nSPS) is 14.0. The van der Waals surface area contributed by atoms with Crippen molar-refractivity contribution in [3.05, 3.63) is 66.4 Å². The first kappa shape index (κ1) is 28.1. The van der Waals surface area contributed by atoms with Crippen molar-refractivity contribution >= 4 is 18.1 Å². The third-order valence-corrected chi connectivity index (χ3v) is 6.78. The largest absolute Gasteiger partial charge is 0.495 e. The van der Waals surface area contributed by atoms with Crippen LogP contribution in [-0.2, 0) is 6.54 Å². The van der Waals surface area contributed by atoms with Crippen molar-refractivity contribution in [1.29, 1.82) is 0 Å². The van der Waals surface area contributed by atoms with Crippen molar-refractivity contribution in [1.82, 2.24) is 24.5 Å². The number of aliphatic hydroxyl groups is 1. The van der Waals surface area contributed by atoms with E-state index >= 15 is 0 Å². The Balaban J connectivity index is 1.27. The van der Waals surface area contributed by atoms with Crippen molar-refractivity contribution in [2.24, 2.45) is 4.99 Å². The fourth-order valence-corrected chi connectivity index (χ4v) is 4.68. The Labute approximate surface area is 240 Å². The maximum atomic E-state index is 10.1. The van der Waals surface area contributed by atoms with Gasteiger partial charge in [0.15, 0.2) is 0 Å². The molecule has 212 valence electrons. The van der Waals surface area contributed by atoms with Crippen molar-refractivity contribution in [3.63, 3.8) is 0 Å². The molecule has 0 aliphatic carbocycles. The summed E-state index contributed by atoms with van der Waals surface area (Å²) >= 11 is 0. The van der Waals surface area contributed by atoms with Crippen LogP contribution >= 0.6 is 0 Å². The maximum absolute atomic E-state index is 10.1. The molecule has 4 aromatic heterocycles. The lowest BCUT2D eigenvalue weighted by Crippen LogP contribution is -2.46. The molecule has 0 amide bonds. The van der Waals surface area contributed by atoms with Crippen LogP contribution in [0.25, 0.3) is 16.6 Å². The van der Waals surface area contributed by atoms with Crippen molar-refractivity contribution in [3.8, 4) is 34.5 Å². The van der Waals surface area contributed by atoms with Gasteiger partial charge in [0.25, 0.3) is 0 Å². The van der Waals surface area contributed by atoms with Gasteiger partial charge in [0.1, 0.15) is 23.9 Å². The van der Waals surface area contributed by atoms with Gasteiger partial charge < -0.3 is 19.5 Å². The smallest absolute Gasteiger partial charge is 0.138 e. The monoisotopic (exact) mass is 553 g/mol. The van der Waals surface area contributed by atoms with Crippen LogP contribution in [0.3, 0.4) is 0 Å². The summed E-state index contributed by atoms with van der Waals surface area (Å²) in [6.07, 6.45) is 8.93. The van der Waals surface area contributed by atoms with E-state index in [4.69, 9.17) is 14.5 Å². The molecular weight excluding hydrogens is 518 g/mol.